The van der Waals surface area contributed by atoms with E-state index < -0.39 is 0 Å². The zero-order valence-corrected chi connectivity index (χ0v) is 16.7. The van der Waals surface area contributed by atoms with Crippen molar-refractivity contribution in [1.29, 1.82) is 0 Å². The van der Waals surface area contributed by atoms with Gasteiger partial charge in [0.25, 0.3) is 0 Å². The first kappa shape index (κ1) is 20.8. The molecule has 138 valence electrons. The van der Waals surface area contributed by atoms with Crippen LogP contribution in [0.15, 0.2) is 24.3 Å². The number of benzene rings is 1. The quantitative estimate of drug-likeness (QED) is 0.429. The number of hydrogen-bond donors (Lipinski definition) is 0. The molecule has 0 aliphatic carbocycles. The predicted octanol–water partition coefficient (Wildman–Crippen LogP) is 3.42. The third kappa shape index (κ3) is 8.55. The summed E-state index contributed by atoms with van der Waals surface area (Å²) in [6.07, 6.45) is 2.15. The molecule has 0 fully saturated rings. The fraction of sp³-hybridized carbons (Fsp3) is 0.700. The average molecular weight is 339 g/mol. The maximum atomic E-state index is 5.82. The molecule has 0 bridgehead atoms. The monoisotopic (exact) mass is 338 g/mol. The largest absolute Gasteiger partial charge is 0.493 e. The van der Waals surface area contributed by atoms with Crippen LogP contribution in [0.25, 0.3) is 0 Å². The van der Waals surface area contributed by atoms with Gasteiger partial charge in [-0.2, -0.15) is 0 Å². The first-order valence-electron chi connectivity index (χ1n) is 9.27. The molecule has 0 aromatic heterocycles. The number of ether oxygens (including phenoxy) is 2. The molecule has 0 amide bonds. The lowest BCUT2D eigenvalue weighted by molar-refractivity contribution is -0.888. The lowest BCUT2D eigenvalue weighted by atomic mass is 10.3. The van der Waals surface area contributed by atoms with Gasteiger partial charge in [0.2, 0.25) is 0 Å². The van der Waals surface area contributed by atoms with Gasteiger partial charge in [0.1, 0.15) is 11.5 Å². The Morgan fingerprint density at radius 1 is 0.667 bits per heavy atom. The molecular weight excluding hydrogens is 300 g/mol. The van der Waals surface area contributed by atoms with Crippen LogP contribution in [0.3, 0.4) is 0 Å². The van der Waals surface area contributed by atoms with Crippen molar-refractivity contribution in [3.05, 3.63) is 24.3 Å². The molecular formula is C20H38N2O2+2. The minimum absolute atomic E-state index is 0.770. The smallest absolute Gasteiger partial charge is 0.119 e. The Bertz CT molecular complexity index is 412. The van der Waals surface area contributed by atoms with Crippen LogP contribution < -0.4 is 9.47 Å². The van der Waals surface area contributed by atoms with Gasteiger partial charge in [-0.3, -0.25) is 0 Å². The van der Waals surface area contributed by atoms with Crippen LogP contribution in [0.4, 0.5) is 0 Å². The normalized spacial score (nSPS) is 12.2. The van der Waals surface area contributed by atoms with E-state index in [0.29, 0.717) is 0 Å². The van der Waals surface area contributed by atoms with Crippen molar-refractivity contribution < 1.29 is 18.4 Å². The molecule has 0 N–H and O–H groups in total. The third-order valence-corrected chi connectivity index (χ3v) is 4.89. The van der Waals surface area contributed by atoms with Crippen molar-refractivity contribution in [2.75, 3.05) is 67.6 Å². The fourth-order valence-corrected chi connectivity index (χ4v) is 2.31. The van der Waals surface area contributed by atoms with E-state index >= 15 is 0 Å². The minimum atomic E-state index is 0.770. The summed E-state index contributed by atoms with van der Waals surface area (Å²) in [7, 11) is 9.03. The van der Waals surface area contributed by atoms with Gasteiger partial charge in [-0.05, 0) is 38.1 Å². The molecule has 4 nitrogen and oxygen atoms in total. The van der Waals surface area contributed by atoms with E-state index in [1.165, 1.54) is 0 Å². The zero-order valence-electron chi connectivity index (χ0n) is 16.7. The SMILES string of the molecule is CC[N+](C)(C)CCCOc1ccc(OCCC[N+](C)(C)CC)cc1. The van der Waals surface area contributed by atoms with Crippen LogP contribution >= 0.6 is 0 Å². The molecule has 0 saturated heterocycles. The minimum Gasteiger partial charge on any atom is -0.493 e. The van der Waals surface area contributed by atoms with Gasteiger partial charge in [0.15, 0.2) is 0 Å². The summed E-state index contributed by atoms with van der Waals surface area (Å²) in [5.41, 5.74) is 0. The number of quaternary nitrogens is 2. The molecule has 0 radical (unpaired) electrons. The second kappa shape index (κ2) is 9.90. The lowest BCUT2D eigenvalue weighted by Crippen LogP contribution is -2.40. The second-order valence-corrected chi connectivity index (χ2v) is 7.83. The molecule has 4 heteroatoms. The summed E-state index contributed by atoms with van der Waals surface area (Å²) in [5, 5.41) is 0. The van der Waals surface area contributed by atoms with Gasteiger partial charge in [-0.1, -0.05) is 0 Å². The van der Waals surface area contributed by atoms with Gasteiger partial charge < -0.3 is 18.4 Å². The highest BCUT2D eigenvalue weighted by molar-refractivity contribution is 5.31. The third-order valence-electron chi connectivity index (χ3n) is 4.89. The maximum absolute atomic E-state index is 5.82. The standard InChI is InChI=1S/C20H38N2O2/c1-7-21(3,4)15-9-17-23-19-11-13-20(14-12-19)24-18-10-16-22(5,6)8-2/h11-14H,7-10,15-18H2,1-6H3/q+2. The van der Waals surface area contributed by atoms with Crippen molar-refractivity contribution in [2.45, 2.75) is 26.7 Å². The Hall–Kier alpha value is -1.26. The number of hydrogen-bond acceptors (Lipinski definition) is 2. The van der Waals surface area contributed by atoms with Crippen LogP contribution in [0.2, 0.25) is 0 Å². The molecule has 0 heterocycles. The Morgan fingerprint density at radius 2 is 1.00 bits per heavy atom. The van der Waals surface area contributed by atoms with Crippen molar-refractivity contribution in [1.82, 2.24) is 0 Å². The fourth-order valence-electron chi connectivity index (χ4n) is 2.31. The summed E-state index contributed by atoms with van der Waals surface area (Å²) in [5.74, 6) is 1.85. The average Bonchev–Trinajstić information content (AvgIpc) is 2.57. The number of nitrogens with zero attached hydrogens (tertiary/aromatic N) is 2. The summed E-state index contributed by atoms with van der Waals surface area (Å²) >= 11 is 0. The summed E-state index contributed by atoms with van der Waals surface area (Å²) in [6.45, 7) is 10.6. The summed E-state index contributed by atoms with van der Waals surface area (Å²) < 4.78 is 13.7. The van der Waals surface area contributed by atoms with Gasteiger partial charge in [0.05, 0.1) is 67.6 Å². The van der Waals surface area contributed by atoms with E-state index in [0.717, 1.165) is 72.7 Å². The molecule has 0 aliphatic heterocycles. The van der Waals surface area contributed by atoms with E-state index in [9.17, 15) is 0 Å². The Balaban J connectivity index is 2.23. The Kier molecular flexibility index (Phi) is 8.57. The highest BCUT2D eigenvalue weighted by Crippen LogP contribution is 2.18. The van der Waals surface area contributed by atoms with Crippen LogP contribution in [0.5, 0.6) is 11.5 Å². The van der Waals surface area contributed by atoms with Crippen LogP contribution in [0, 0.1) is 0 Å². The van der Waals surface area contributed by atoms with Crippen LogP contribution in [-0.4, -0.2) is 76.5 Å². The molecule has 1 rings (SSSR count). The summed E-state index contributed by atoms with van der Waals surface area (Å²) in [6, 6.07) is 8.00. The van der Waals surface area contributed by atoms with Crippen molar-refractivity contribution in [2.24, 2.45) is 0 Å². The number of rotatable bonds is 12. The van der Waals surface area contributed by atoms with Crippen molar-refractivity contribution in [3.63, 3.8) is 0 Å². The predicted molar refractivity (Wildman–Crippen MR) is 102 cm³/mol. The Labute approximate surface area is 149 Å². The molecule has 1 aromatic rings. The second-order valence-electron chi connectivity index (χ2n) is 7.83. The van der Waals surface area contributed by atoms with Crippen molar-refractivity contribution >= 4 is 0 Å². The van der Waals surface area contributed by atoms with Gasteiger partial charge in [0, 0.05) is 12.8 Å². The zero-order chi connectivity index (χ0) is 18.1. The van der Waals surface area contributed by atoms with Crippen molar-refractivity contribution in [3.8, 4) is 11.5 Å². The molecule has 0 spiro atoms. The van der Waals surface area contributed by atoms with Gasteiger partial charge >= 0.3 is 0 Å². The first-order chi connectivity index (χ1) is 11.3. The topological polar surface area (TPSA) is 18.5 Å². The van der Waals surface area contributed by atoms with Gasteiger partial charge in [-0.25, -0.2) is 0 Å². The van der Waals surface area contributed by atoms with Gasteiger partial charge in [-0.15, -0.1) is 0 Å². The van der Waals surface area contributed by atoms with Crippen LogP contribution in [-0.2, 0) is 0 Å². The van der Waals surface area contributed by atoms with E-state index in [1.54, 1.807) is 0 Å². The maximum Gasteiger partial charge on any atom is 0.119 e. The molecule has 0 atom stereocenters. The first-order valence-corrected chi connectivity index (χ1v) is 9.27. The van der Waals surface area contributed by atoms with E-state index in [2.05, 4.69) is 42.0 Å². The molecule has 0 aliphatic rings. The lowest BCUT2D eigenvalue weighted by Gasteiger charge is -2.28. The van der Waals surface area contributed by atoms with E-state index in [4.69, 9.17) is 9.47 Å². The van der Waals surface area contributed by atoms with Crippen LogP contribution in [0.1, 0.15) is 26.7 Å². The molecule has 0 unspecified atom stereocenters. The molecule has 1 aromatic carbocycles. The van der Waals surface area contributed by atoms with E-state index in [1.807, 2.05) is 24.3 Å². The summed E-state index contributed by atoms with van der Waals surface area (Å²) in [4.78, 5) is 0. The van der Waals surface area contributed by atoms with E-state index in [-0.39, 0.29) is 0 Å². The highest BCUT2D eigenvalue weighted by atomic mass is 16.5. The molecule has 24 heavy (non-hydrogen) atoms. The molecule has 0 saturated carbocycles. The highest BCUT2D eigenvalue weighted by Gasteiger charge is 2.11. The Morgan fingerprint density at radius 3 is 1.29 bits per heavy atom.